The Morgan fingerprint density at radius 3 is 2.50 bits per heavy atom. The first kappa shape index (κ1) is 12.6. The van der Waals surface area contributed by atoms with Crippen molar-refractivity contribution in [1.29, 1.82) is 0 Å². The molecule has 2 aromatic rings. The van der Waals surface area contributed by atoms with Crippen molar-refractivity contribution < 1.29 is 9.18 Å². The third kappa shape index (κ3) is 2.23. The molecule has 0 atom stereocenters. The van der Waals surface area contributed by atoms with Gasteiger partial charge in [0.05, 0.1) is 12.2 Å². The van der Waals surface area contributed by atoms with Crippen molar-refractivity contribution in [2.24, 2.45) is 0 Å². The topological polar surface area (TPSA) is 20.3 Å². The summed E-state index contributed by atoms with van der Waals surface area (Å²) in [7, 11) is 0. The maximum absolute atomic E-state index is 13.0. The Bertz CT molecular complexity index is 688. The summed E-state index contributed by atoms with van der Waals surface area (Å²) >= 11 is 0. The number of halogens is 1. The Labute approximate surface area is 117 Å². The number of rotatable bonds is 1. The smallest absolute Gasteiger partial charge is 0.224 e. The number of hydrogen-bond donors (Lipinski definition) is 0. The van der Waals surface area contributed by atoms with Crippen LogP contribution in [0.25, 0.3) is 11.8 Å². The first-order valence-electron chi connectivity index (χ1n) is 6.49. The lowest BCUT2D eigenvalue weighted by Crippen LogP contribution is -2.29. The van der Waals surface area contributed by atoms with E-state index in [-0.39, 0.29) is 11.7 Å². The molecule has 1 amide bonds. The van der Waals surface area contributed by atoms with Crippen LogP contribution in [0.4, 0.5) is 4.39 Å². The van der Waals surface area contributed by atoms with E-state index in [1.165, 1.54) is 12.1 Å². The Kier molecular flexibility index (Phi) is 3.11. The Balaban J connectivity index is 2.12. The molecule has 0 fully saturated rings. The summed E-state index contributed by atoms with van der Waals surface area (Å²) in [5.41, 5.74) is 3.88. The molecule has 2 aromatic carbocycles. The van der Waals surface area contributed by atoms with Crippen LogP contribution < -0.4 is 0 Å². The summed E-state index contributed by atoms with van der Waals surface area (Å²) in [6.07, 6.45) is 1.98. The SMILES string of the molecule is CC(=O)N1Cc2ccccc2C=C1c1ccc(F)cc1. The van der Waals surface area contributed by atoms with Crippen molar-refractivity contribution in [3.8, 4) is 0 Å². The summed E-state index contributed by atoms with van der Waals surface area (Å²) < 4.78 is 13.0. The Hall–Kier alpha value is -2.42. The highest BCUT2D eigenvalue weighted by Gasteiger charge is 2.21. The van der Waals surface area contributed by atoms with E-state index in [2.05, 4.69) is 0 Å². The minimum absolute atomic E-state index is 0.0184. The van der Waals surface area contributed by atoms with Gasteiger partial charge in [0.1, 0.15) is 5.82 Å². The molecule has 2 nitrogen and oxygen atoms in total. The second-order valence-electron chi connectivity index (χ2n) is 4.84. The number of carbonyl (C=O) groups is 1. The zero-order valence-corrected chi connectivity index (χ0v) is 11.1. The lowest BCUT2D eigenvalue weighted by molar-refractivity contribution is -0.126. The van der Waals surface area contributed by atoms with Gasteiger partial charge in [-0.05, 0) is 47.0 Å². The molecule has 3 rings (SSSR count). The molecule has 0 unspecified atom stereocenters. The molecule has 0 saturated carbocycles. The minimum atomic E-state index is -0.278. The van der Waals surface area contributed by atoms with E-state index in [1.54, 1.807) is 24.0 Å². The van der Waals surface area contributed by atoms with Crippen molar-refractivity contribution in [1.82, 2.24) is 4.90 Å². The van der Waals surface area contributed by atoms with Crippen molar-refractivity contribution >= 4 is 17.7 Å². The van der Waals surface area contributed by atoms with Gasteiger partial charge in [-0.25, -0.2) is 4.39 Å². The maximum Gasteiger partial charge on any atom is 0.224 e. The van der Waals surface area contributed by atoms with Crippen LogP contribution in [0.2, 0.25) is 0 Å². The molecule has 0 N–H and O–H groups in total. The molecule has 1 heterocycles. The van der Waals surface area contributed by atoms with Crippen molar-refractivity contribution in [2.75, 3.05) is 0 Å². The van der Waals surface area contributed by atoms with Crippen LogP contribution in [0.3, 0.4) is 0 Å². The second-order valence-corrected chi connectivity index (χ2v) is 4.84. The molecule has 20 heavy (non-hydrogen) atoms. The second kappa shape index (κ2) is 4.93. The minimum Gasteiger partial charge on any atom is -0.308 e. The first-order chi connectivity index (χ1) is 9.65. The molecule has 0 spiro atoms. The number of amides is 1. The predicted molar refractivity (Wildman–Crippen MR) is 76.9 cm³/mol. The molecule has 1 aliphatic rings. The van der Waals surface area contributed by atoms with Gasteiger partial charge in [-0.1, -0.05) is 24.3 Å². The molecule has 0 aliphatic carbocycles. The largest absolute Gasteiger partial charge is 0.308 e. The highest BCUT2D eigenvalue weighted by Crippen LogP contribution is 2.30. The van der Waals surface area contributed by atoms with Crippen LogP contribution >= 0.6 is 0 Å². The van der Waals surface area contributed by atoms with Gasteiger partial charge in [-0.2, -0.15) is 0 Å². The Morgan fingerprint density at radius 2 is 1.80 bits per heavy atom. The number of fused-ring (bicyclic) bond motifs is 1. The normalized spacial score (nSPS) is 13.7. The van der Waals surface area contributed by atoms with Crippen molar-refractivity contribution in [3.63, 3.8) is 0 Å². The van der Waals surface area contributed by atoms with Crippen LogP contribution in [0.1, 0.15) is 23.6 Å². The third-order valence-electron chi connectivity index (χ3n) is 3.49. The van der Waals surface area contributed by atoms with E-state index in [4.69, 9.17) is 0 Å². The first-order valence-corrected chi connectivity index (χ1v) is 6.49. The number of nitrogens with zero attached hydrogens (tertiary/aromatic N) is 1. The molecule has 100 valence electrons. The monoisotopic (exact) mass is 267 g/mol. The van der Waals surface area contributed by atoms with Crippen molar-refractivity contribution in [2.45, 2.75) is 13.5 Å². The van der Waals surface area contributed by atoms with Crippen LogP contribution in [0.5, 0.6) is 0 Å². The van der Waals surface area contributed by atoms with Gasteiger partial charge in [0.25, 0.3) is 0 Å². The quantitative estimate of drug-likeness (QED) is 0.771. The number of benzene rings is 2. The summed E-state index contributed by atoms with van der Waals surface area (Å²) in [4.78, 5) is 13.6. The summed E-state index contributed by atoms with van der Waals surface area (Å²) in [5.74, 6) is -0.296. The van der Waals surface area contributed by atoms with Crippen LogP contribution in [-0.4, -0.2) is 10.8 Å². The highest BCUT2D eigenvalue weighted by molar-refractivity contribution is 5.93. The zero-order valence-electron chi connectivity index (χ0n) is 11.1. The molecular weight excluding hydrogens is 253 g/mol. The summed E-state index contributed by atoms with van der Waals surface area (Å²) in [6, 6.07) is 14.2. The maximum atomic E-state index is 13.0. The molecule has 0 aromatic heterocycles. The van der Waals surface area contributed by atoms with E-state index in [0.717, 1.165) is 22.4 Å². The number of hydrogen-bond acceptors (Lipinski definition) is 1. The fourth-order valence-corrected chi connectivity index (χ4v) is 2.44. The average molecular weight is 267 g/mol. The number of carbonyl (C=O) groups excluding carboxylic acids is 1. The Morgan fingerprint density at radius 1 is 1.10 bits per heavy atom. The van der Waals surface area contributed by atoms with Gasteiger partial charge in [-0.15, -0.1) is 0 Å². The zero-order chi connectivity index (χ0) is 14.1. The van der Waals surface area contributed by atoms with Crippen molar-refractivity contribution in [3.05, 3.63) is 71.0 Å². The van der Waals surface area contributed by atoms with E-state index >= 15 is 0 Å². The molecule has 1 aliphatic heterocycles. The summed E-state index contributed by atoms with van der Waals surface area (Å²) in [5, 5.41) is 0. The fourth-order valence-electron chi connectivity index (χ4n) is 2.44. The highest BCUT2D eigenvalue weighted by atomic mass is 19.1. The predicted octanol–water partition coefficient (Wildman–Crippen LogP) is 3.69. The van der Waals surface area contributed by atoms with Crippen LogP contribution in [-0.2, 0) is 11.3 Å². The van der Waals surface area contributed by atoms with E-state index in [9.17, 15) is 9.18 Å². The van der Waals surface area contributed by atoms with E-state index in [0.29, 0.717) is 6.54 Å². The molecule has 3 heteroatoms. The van der Waals surface area contributed by atoms with E-state index in [1.807, 2.05) is 30.3 Å². The molecular formula is C17H14FNO. The van der Waals surface area contributed by atoms with E-state index < -0.39 is 0 Å². The van der Waals surface area contributed by atoms with Crippen LogP contribution in [0, 0.1) is 5.82 Å². The van der Waals surface area contributed by atoms with Crippen LogP contribution in [0.15, 0.2) is 48.5 Å². The molecule has 0 saturated heterocycles. The van der Waals surface area contributed by atoms with Gasteiger partial charge in [0, 0.05) is 6.92 Å². The van der Waals surface area contributed by atoms with Gasteiger partial charge < -0.3 is 4.90 Å². The lowest BCUT2D eigenvalue weighted by atomic mass is 9.98. The molecule has 0 bridgehead atoms. The average Bonchev–Trinajstić information content (AvgIpc) is 2.46. The molecule has 0 radical (unpaired) electrons. The fraction of sp³-hybridized carbons (Fsp3) is 0.118. The lowest BCUT2D eigenvalue weighted by Gasteiger charge is -2.29. The van der Waals surface area contributed by atoms with Gasteiger partial charge in [0.2, 0.25) is 5.91 Å². The van der Waals surface area contributed by atoms with Gasteiger partial charge in [0.15, 0.2) is 0 Å². The third-order valence-corrected chi connectivity index (χ3v) is 3.49. The standard InChI is InChI=1S/C17H14FNO/c1-12(20)19-11-15-5-3-2-4-14(15)10-17(19)13-6-8-16(18)9-7-13/h2-10H,11H2,1H3. The summed E-state index contributed by atoms with van der Waals surface area (Å²) in [6.45, 7) is 2.10. The van der Waals surface area contributed by atoms with Gasteiger partial charge in [-0.3, -0.25) is 4.79 Å². The van der Waals surface area contributed by atoms with Gasteiger partial charge >= 0.3 is 0 Å².